The van der Waals surface area contributed by atoms with Crippen LogP contribution in [0, 0.1) is 5.92 Å². The van der Waals surface area contributed by atoms with Crippen molar-refractivity contribution in [2.75, 3.05) is 6.54 Å². The van der Waals surface area contributed by atoms with Gasteiger partial charge in [0.2, 0.25) is 5.76 Å². The zero-order valence-electron chi connectivity index (χ0n) is 12.5. The van der Waals surface area contributed by atoms with Crippen molar-refractivity contribution >= 4 is 5.97 Å². The molecule has 4 nitrogen and oxygen atoms in total. The number of nitrogens with zero attached hydrogens (tertiary/aromatic N) is 1. The van der Waals surface area contributed by atoms with E-state index in [1.807, 2.05) is 0 Å². The van der Waals surface area contributed by atoms with Gasteiger partial charge in [-0.05, 0) is 43.9 Å². The van der Waals surface area contributed by atoms with Crippen molar-refractivity contribution in [1.29, 1.82) is 0 Å². The van der Waals surface area contributed by atoms with E-state index >= 15 is 0 Å². The van der Waals surface area contributed by atoms with Gasteiger partial charge in [-0.15, -0.1) is 0 Å². The molecular weight excluding hydrogens is 254 g/mol. The average molecular weight is 279 g/mol. The highest BCUT2D eigenvalue weighted by molar-refractivity contribution is 5.84. The van der Waals surface area contributed by atoms with Crippen molar-refractivity contribution in [2.45, 2.75) is 58.5 Å². The van der Waals surface area contributed by atoms with Gasteiger partial charge in [-0.25, -0.2) is 4.79 Å². The van der Waals surface area contributed by atoms with Crippen LogP contribution in [0.25, 0.3) is 0 Å². The quantitative estimate of drug-likeness (QED) is 0.891. The van der Waals surface area contributed by atoms with Crippen LogP contribution in [0.5, 0.6) is 0 Å². The number of carboxylic acids is 1. The average Bonchev–Trinajstić information content (AvgIpc) is 2.74. The topological polar surface area (TPSA) is 53.7 Å². The van der Waals surface area contributed by atoms with Crippen LogP contribution in [0.4, 0.5) is 0 Å². The van der Waals surface area contributed by atoms with Crippen LogP contribution in [0.15, 0.2) is 16.5 Å². The van der Waals surface area contributed by atoms with Crippen LogP contribution in [0.2, 0.25) is 0 Å². The predicted molar refractivity (Wildman–Crippen MR) is 77.8 cm³/mol. The Labute approximate surface area is 120 Å². The molecule has 1 saturated heterocycles. The van der Waals surface area contributed by atoms with Crippen molar-refractivity contribution in [3.05, 3.63) is 23.7 Å². The van der Waals surface area contributed by atoms with E-state index in [0.29, 0.717) is 12.0 Å². The second-order valence-electron chi connectivity index (χ2n) is 6.17. The van der Waals surface area contributed by atoms with Gasteiger partial charge >= 0.3 is 5.97 Å². The largest absolute Gasteiger partial charge is 0.475 e. The Kier molecular flexibility index (Phi) is 5.24. The standard InChI is InChI=1S/C16H25NO3/c1-12(2)10-13-6-4-3-5-9-17(13)11-14-7-8-15(20-14)16(18)19/h7-8,12-13H,3-6,9-11H2,1-2H3,(H,18,19). The van der Waals surface area contributed by atoms with E-state index in [-0.39, 0.29) is 5.76 Å². The van der Waals surface area contributed by atoms with E-state index in [1.54, 1.807) is 12.1 Å². The number of aromatic carboxylic acids is 1. The molecule has 2 rings (SSSR count). The van der Waals surface area contributed by atoms with Crippen LogP contribution < -0.4 is 0 Å². The van der Waals surface area contributed by atoms with Gasteiger partial charge in [-0.3, -0.25) is 4.90 Å². The highest BCUT2D eigenvalue weighted by Gasteiger charge is 2.23. The molecule has 1 fully saturated rings. The van der Waals surface area contributed by atoms with Crippen molar-refractivity contribution in [3.63, 3.8) is 0 Å². The molecule has 4 heteroatoms. The normalized spacial score (nSPS) is 21.1. The first-order valence-electron chi connectivity index (χ1n) is 7.62. The third kappa shape index (κ3) is 4.10. The minimum absolute atomic E-state index is 0.0373. The second-order valence-corrected chi connectivity index (χ2v) is 6.17. The molecule has 0 aliphatic carbocycles. The van der Waals surface area contributed by atoms with Crippen molar-refractivity contribution in [1.82, 2.24) is 4.90 Å². The summed E-state index contributed by atoms with van der Waals surface area (Å²) in [5.41, 5.74) is 0. The van der Waals surface area contributed by atoms with E-state index in [2.05, 4.69) is 18.7 Å². The summed E-state index contributed by atoms with van der Waals surface area (Å²) in [6.45, 7) is 6.34. The molecule has 1 N–H and O–H groups in total. The monoisotopic (exact) mass is 279 g/mol. The van der Waals surface area contributed by atoms with Crippen LogP contribution in [-0.2, 0) is 6.54 Å². The Balaban J connectivity index is 2.04. The molecule has 1 aliphatic heterocycles. The molecule has 1 aromatic rings. The lowest BCUT2D eigenvalue weighted by Gasteiger charge is -2.30. The minimum atomic E-state index is -0.995. The van der Waals surface area contributed by atoms with Gasteiger partial charge in [0.1, 0.15) is 5.76 Å². The Hall–Kier alpha value is -1.29. The summed E-state index contributed by atoms with van der Waals surface area (Å²) in [7, 11) is 0. The van der Waals surface area contributed by atoms with Crippen LogP contribution in [0.3, 0.4) is 0 Å². The van der Waals surface area contributed by atoms with Crippen LogP contribution >= 0.6 is 0 Å². The summed E-state index contributed by atoms with van der Waals surface area (Å²) in [5, 5.41) is 8.91. The zero-order valence-corrected chi connectivity index (χ0v) is 12.5. The number of carbonyl (C=O) groups is 1. The zero-order chi connectivity index (χ0) is 14.5. The first-order chi connectivity index (χ1) is 9.56. The van der Waals surface area contributed by atoms with E-state index in [9.17, 15) is 4.79 Å². The molecule has 0 spiro atoms. The van der Waals surface area contributed by atoms with Gasteiger partial charge in [0, 0.05) is 6.04 Å². The molecule has 112 valence electrons. The third-order valence-corrected chi connectivity index (χ3v) is 3.97. The first-order valence-corrected chi connectivity index (χ1v) is 7.62. The molecule has 1 aromatic heterocycles. The lowest BCUT2D eigenvalue weighted by Crippen LogP contribution is -2.35. The molecule has 0 saturated carbocycles. The number of rotatable bonds is 5. The van der Waals surface area contributed by atoms with Gasteiger partial charge in [0.05, 0.1) is 6.54 Å². The van der Waals surface area contributed by atoms with Crippen LogP contribution in [0.1, 0.15) is 62.3 Å². The molecular formula is C16H25NO3. The van der Waals surface area contributed by atoms with Crippen LogP contribution in [-0.4, -0.2) is 28.6 Å². The predicted octanol–water partition coefficient (Wildman–Crippen LogP) is 3.77. The fourth-order valence-corrected chi connectivity index (χ4v) is 3.03. The number of furan rings is 1. The summed E-state index contributed by atoms with van der Waals surface area (Å²) in [5.74, 6) is 0.492. The SMILES string of the molecule is CC(C)CC1CCCCCN1Cc1ccc(C(=O)O)o1. The smallest absolute Gasteiger partial charge is 0.371 e. The van der Waals surface area contributed by atoms with Gasteiger partial charge in [-0.1, -0.05) is 26.7 Å². The van der Waals surface area contributed by atoms with Gasteiger partial charge < -0.3 is 9.52 Å². The maximum Gasteiger partial charge on any atom is 0.371 e. The summed E-state index contributed by atoms with van der Waals surface area (Å²) in [6.07, 6.45) is 6.26. The Morgan fingerprint density at radius 1 is 1.40 bits per heavy atom. The highest BCUT2D eigenvalue weighted by atomic mass is 16.4. The number of likely N-dealkylation sites (tertiary alicyclic amines) is 1. The third-order valence-electron chi connectivity index (χ3n) is 3.97. The van der Waals surface area contributed by atoms with Gasteiger partial charge in [0.25, 0.3) is 0 Å². The number of hydrogen-bond donors (Lipinski definition) is 1. The Morgan fingerprint density at radius 3 is 2.85 bits per heavy atom. The first kappa shape index (κ1) is 15.1. The van der Waals surface area contributed by atoms with E-state index in [1.165, 1.54) is 32.1 Å². The molecule has 1 unspecified atom stereocenters. The summed E-state index contributed by atoms with van der Waals surface area (Å²) in [6, 6.07) is 3.93. The maximum atomic E-state index is 10.9. The van der Waals surface area contributed by atoms with Gasteiger partial charge in [0.15, 0.2) is 0 Å². The lowest BCUT2D eigenvalue weighted by atomic mass is 9.99. The molecule has 1 atom stereocenters. The molecule has 1 aliphatic rings. The van der Waals surface area contributed by atoms with Crippen molar-refractivity contribution in [3.8, 4) is 0 Å². The molecule has 2 heterocycles. The molecule has 0 bridgehead atoms. The van der Waals surface area contributed by atoms with Crippen molar-refractivity contribution in [2.24, 2.45) is 5.92 Å². The summed E-state index contributed by atoms with van der Waals surface area (Å²) < 4.78 is 5.40. The van der Waals surface area contributed by atoms with E-state index < -0.39 is 5.97 Å². The number of hydrogen-bond acceptors (Lipinski definition) is 3. The molecule has 20 heavy (non-hydrogen) atoms. The summed E-state index contributed by atoms with van der Waals surface area (Å²) >= 11 is 0. The van der Waals surface area contributed by atoms with Gasteiger partial charge in [-0.2, -0.15) is 0 Å². The number of carboxylic acid groups (broad SMARTS) is 1. The Morgan fingerprint density at radius 2 is 2.20 bits per heavy atom. The maximum absolute atomic E-state index is 10.9. The Bertz CT molecular complexity index is 439. The molecule has 0 aromatic carbocycles. The highest BCUT2D eigenvalue weighted by Crippen LogP contribution is 2.24. The molecule has 0 radical (unpaired) electrons. The van der Waals surface area contributed by atoms with E-state index in [0.717, 1.165) is 18.8 Å². The van der Waals surface area contributed by atoms with E-state index in [4.69, 9.17) is 9.52 Å². The fraction of sp³-hybridized carbons (Fsp3) is 0.688. The lowest BCUT2D eigenvalue weighted by molar-refractivity contribution is 0.0656. The summed E-state index contributed by atoms with van der Waals surface area (Å²) in [4.78, 5) is 13.3. The fourth-order valence-electron chi connectivity index (χ4n) is 3.03. The molecule has 0 amide bonds. The second kappa shape index (κ2) is 6.93. The minimum Gasteiger partial charge on any atom is -0.475 e. The van der Waals surface area contributed by atoms with Crippen molar-refractivity contribution < 1.29 is 14.3 Å².